The van der Waals surface area contributed by atoms with E-state index in [0.29, 0.717) is 12.1 Å². The summed E-state index contributed by atoms with van der Waals surface area (Å²) in [5, 5.41) is 6.79. The summed E-state index contributed by atoms with van der Waals surface area (Å²) >= 11 is 0. The summed E-state index contributed by atoms with van der Waals surface area (Å²) in [6, 6.07) is 7.03. The second-order valence-corrected chi connectivity index (χ2v) is 6.29. The van der Waals surface area contributed by atoms with E-state index in [1.807, 2.05) is 26.0 Å². The fraction of sp³-hybridized carbons (Fsp3) is 0.611. The van der Waals surface area contributed by atoms with Gasteiger partial charge in [0, 0.05) is 17.6 Å². The van der Waals surface area contributed by atoms with Crippen LogP contribution in [-0.2, 0) is 0 Å². The summed E-state index contributed by atoms with van der Waals surface area (Å²) in [4.78, 5) is 12.4. The molecule has 1 aliphatic carbocycles. The van der Waals surface area contributed by atoms with Gasteiger partial charge in [0.1, 0.15) is 0 Å². The van der Waals surface area contributed by atoms with E-state index in [4.69, 9.17) is 0 Å². The van der Waals surface area contributed by atoms with Crippen LogP contribution in [0.25, 0.3) is 0 Å². The molecule has 0 spiro atoms. The Balaban J connectivity index is 1.85. The summed E-state index contributed by atoms with van der Waals surface area (Å²) in [5.74, 6) is 0.0844. The summed E-state index contributed by atoms with van der Waals surface area (Å²) in [6.07, 6.45) is 5.68. The fourth-order valence-electron chi connectivity index (χ4n) is 3.03. The maximum atomic E-state index is 12.4. The Morgan fingerprint density at radius 2 is 1.81 bits per heavy atom. The molecular weight excluding hydrogens is 260 g/mol. The van der Waals surface area contributed by atoms with E-state index < -0.39 is 0 Å². The van der Waals surface area contributed by atoms with Crippen LogP contribution in [0.3, 0.4) is 0 Å². The molecule has 1 fully saturated rings. The van der Waals surface area contributed by atoms with Crippen LogP contribution < -0.4 is 10.6 Å². The molecule has 21 heavy (non-hydrogen) atoms. The Kier molecular flexibility index (Phi) is 5.80. The number of rotatable bonds is 5. The third kappa shape index (κ3) is 4.57. The smallest absolute Gasteiger partial charge is 0.251 e. The van der Waals surface area contributed by atoms with Gasteiger partial charge in [0.2, 0.25) is 0 Å². The number of aryl methyl sites for hydroxylation is 2. The van der Waals surface area contributed by atoms with Crippen molar-refractivity contribution in [2.24, 2.45) is 0 Å². The first kappa shape index (κ1) is 16.0. The molecule has 2 N–H and O–H groups in total. The topological polar surface area (TPSA) is 41.1 Å². The molecule has 3 heteroatoms. The second kappa shape index (κ2) is 7.60. The minimum Gasteiger partial charge on any atom is -0.349 e. The number of nitrogens with one attached hydrogen (secondary N) is 2. The fourth-order valence-corrected chi connectivity index (χ4v) is 3.03. The zero-order valence-corrected chi connectivity index (χ0v) is 13.5. The Morgan fingerprint density at radius 1 is 1.14 bits per heavy atom. The molecule has 0 aromatic heterocycles. The van der Waals surface area contributed by atoms with Gasteiger partial charge < -0.3 is 10.6 Å². The number of hydrogen-bond donors (Lipinski definition) is 2. The third-order valence-electron chi connectivity index (χ3n) is 4.38. The van der Waals surface area contributed by atoms with Crippen LogP contribution >= 0.6 is 0 Å². The number of hydrogen-bond acceptors (Lipinski definition) is 2. The highest BCUT2D eigenvalue weighted by Gasteiger charge is 2.22. The maximum Gasteiger partial charge on any atom is 0.251 e. The molecule has 1 amide bonds. The SMILES string of the molecule is CCCNC1CCC(NC(=O)c2cc(C)ccc2C)CC1. The van der Waals surface area contributed by atoms with Crippen molar-refractivity contribution in [3.63, 3.8) is 0 Å². The van der Waals surface area contributed by atoms with Crippen molar-refractivity contribution in [1.29, 1.82) is 0 Å². The zero-order valence-electron chi connectivity index (χ0n) is 13.5. The van der Waals surface area contributed by atoms with Crippen LogP contribution in [-0.4, -0.2) is 24.5 Å². The molecule has 3 nitrogen and oxygen atoms in total. The third-order valence-corrected chi connectivity index (χ3v) is 4.38. The summed E-state index contributed by atoms with van der Waals surface area (Å²) in [6.45, 7) is 7.33. The van der Waals surface area contributed by atoms with Gasteiger partial charge in [0.15, 0.2) is 0 Å². The van der Waals surface area contributed by atoms with Crippen molar-refractivity contribution in [2.75, 3.05) is 6.54 Å². The molecule has 0 radical (unpaired) electrons. The van der Waals surface area contributed by atoms with E-state index in [0.717, 1.165) is 48.9 Å². The second-order valence-electron chi connectivity index (χ2n) is 6.29. The lowest BCUT2D eigenvalue weighted by Gasteiger charge is -2.30. The molecule has 0 unspecified atom stereocenters. The van der Waals surface area contributed by atoms with Crippen LogP contribution in [0.4, 0.5) is 0 Å². The Labute approximate surface area is 128 Å². The van der Waals surface area contributed by atoms with E-state index in [9.17, 15) is 4.79 Å². The number of carbonyl (C=O) groups is 1. The molecule has 2 rings (SSSR count). The molecule has 0 atom stereocenters. The number of carbonyl (C=O) groups excluding carboxylic acids is 1. The average molecular weight is 288 g/mol. The average Bonchev–Trinajstić information content (AvgIpc) is 2.49. The van der Waals surface area contributed by atoms with Crippen molar-refractivity contribution in [3.8, 4) is 0 Å². The predicted octanol–water partition coefficient (Wildman–Crippen LogP) is 3.34. The van der Waals surface area contributed by atoms with Crippen LogP contribution in [0, 0.1) is 13.8 Å². The van der Waals surface area contributed by atoms with E-state index in [-0.39, 0.29) is 5.91 Å². The molecule has 0 bridgehead atoms. The zero-order chi connectivity index (χ0) is 15.2. The van der Waals surface area contributed by atoms with Gasteiger partial charge in [-0.2, -0.15) is 0 Å². The van der Waals surface area contributed by atoms with Gasteiger partial charge in [-0.25, -0.2) is 0 Å². The van der Waals surface area contributed by atoms with Gasteiger partial charge in [0.05, 0.1) is 0 Å². The van der Waals surface area contributed by atoms with Crippen LogP contribution in [0.1, 0.15) is 60.5 Å². The minimum absolute atomic E-state index is 0.0844. The highest BCUT2D eigenvalue weighted by Crippen LogP contribution is 2.19. The quantitative estimate of drug-likeness (QED) is 0.872. The molecule has 0 aliphatic heterocycles. The molecule has 1 aliphatic rings. The first-order valence-electron chi connectivity index (χ1n) is 8.21. The standard InChI is InChI=1S/C18H28N2O/c1-4-11-19-15-7-9-16(10-8-15)20-18(21)17-12-13(2)5-6-14(17)3/h5-6,12,15-16,19H,4,7-11H2,1-3H3,(H,20,21). The Bertz CT molecular complexity index is 476. The lowest BCUT2D eigenvalue weighted by molar-refractivity contribution is 0.0923. The van der Waals surface area contributed by atoms with Gasteiger partial charge in [-0.15, -0.1) is 0 Å². The molecule has 1 saturated carbocycles. The van der Waals surface area contributed by atoms with Crippen LogP contribution in [0.2, 0.25) is 0 Å². The molecule has 0 saturated heterocycles. The first-order valence-corrected chi connectivity index (χ1v) is 8.21. The highest BCUT2D eigenvalue weighted by atomic mass is 16.1. The summed E-state index contributed by atoms with van der Waals surface area (Å²) in [5.41, 5.74) is 3.01. The minimum atomic E-state index is 0.0844. The molecular formula is C18H28N2O. The largest absolute Gasteiger partial charge is 0.349 e. The molecule has 1 aromatic rings. The van der Waals surface area contributed by atoms with E-state index in [1.54, 1.807) is 0 Å². The molecule has 1 aromatic carbocycles. The normalized spacial score (nSPS) is 22.0. The van der Waals surface area contributed by atoms with Gasteiger partial charge in [-0.1, -0.05) is 24.6 Å². The van der Waals surface area contributed by atoms with E-state index in [2.05, 4.69) is 23.6 Å². The lowest BCUT2D eigenvalue weighted by Crippen LogP contribution is -2.42. The highest BCUT2D eigenvalue weighted by molar-refractivity contribution is 5.96. The Morgan fingerprint density at radius 3 is 2.48 bits per heavy atom. The van der Waals surface area contributed by atoms with Crippen molar-refractivity contribution >= 4 is 5.91 Å². The van der Waals surface area contributed by atoms with Gasteiger partial charge >= 0.3 is 0 Å². The summed E-state index contributed by atoms with van der Waals surface area (Å²) in [7, 11) is 0. The number of benzene rings is 1. The molecule has 0 heterocycles. The van der Waals surface area contributed by atoms with Gasteiger partial charge in [-0.05, 0) is 64.1 Å². The van der Waals surface area contributed by atoms with Crippen LogP contribution in [0.5, 0.6) is 0 Å². The van der Waals surface area contributed by atoms with E-state index in [1.165, 1.54) is 6.42 Å². The van der Waals surface area contributed by atoms with E-state index >= 15 is 0 Å². The molecule has 116 valence electrons. The predicted molar refractivity (Wildman–Crippen MR) is 87.7 cm³/mol. The Hall–Kier alpha value is -1.35. The first-order chi connectivity index (χ1) is 10.1. The van der Waals surface area contributed by atoms with Crippen molar-refractivity contribution < 1.29 is 4.79 Å². The van der Waals surface area contributed by atoms with Crippen molar-refractivity contribution in [2.45, 2.75) is 65.0 Å². The maximum absolute atomic E-state index is 12.4. The van der Waals surface area contributed by atoms with Crippen molar-refractivity contribution in [1.82, 2.24) is 10.6 Å². The van der Waals surface area contributed by atoms with Crippen LogP contribution in [0.15, 0.2) is 18.2 Å². The monoisotopic (exact) mass is 288 g/mol. The number of amides is 1. The van der Waals surface area contributed by atoms with Crippen molar-refractivity contribution in [3.05, 3.63) is 34.9 Å². The summed E-state index contributed by atoms with van der Waals surface area (Å²) < 4.78 is 0. The lowest BCUT2D eigenvalue weighted by atomic mass is 9.90. The van der Waals surface area contributed by atoms with Gasteiger partial charge in [0.25, 0.3) is 5.91 Å². The van der Waals surface area contributed by atoms with Gasteiger partial charge in [-0.3, -0.25) is 4.79 Å².